The van der Waals surface area contributed by atoms with E-state index in [0.717, 1.165) is 36.0 Å². The molecular formula is C19H20O2. The van der Waals surface area contributed by atoms with E-state index in [1.807, 2.05) is 54.6 Å². The summed E-state index contributed by atoms with van der Waals surface area (Å²) in [6.45, 7) is 0. The Bertz CT molecular complexity index is 618. The molecule has 2 aromatic rings. The van der Waals surface area contributed by atoms with Crippen molar-refractivity contribution < 1.29 is 9.90 Å². The SMILES string of the molecule is O=C1c2ccccc2CCCC1CC(O)c1ccccc1. The number of carbonyl (C=O) groups is 1. The van der Waals surface area contributed by atoms with E-state index in [-0.39, 0.29) is 11.7 Å². The average Bonchev–Trinajstić information content (AvgIpc) is 2.69. The Morgan fingerprint density at radius 2 is 1.76 bits per heavy atom. The summed E-state index contributed by atoms with van der Waals surface area (Å²) in [7, 11) is 0. The molecule has 2 heteroatoms. The zero-order valence-corrected chi connectivity index (χ0v) is 12.0. The Morgan fingerprint density at radius 3 is 2.57 bits per heavy atom. The number of fused-ring (bicyclic) bond motifs is 1. The summed E-state index contributed by atoms with van der Waals surface area (Å²) in [4.78, 5) is 12.7. The Kier molecular flexibility index (Phi) is 4.16. The van der Waals surface area contributed by atoms with Crippen molar-refractivity contribution in [2.75, 3.05) is 0 Å². The van der Waals surface area contributed by atoms with Crippen LogP contribution in [-0.4, -0.2) is 10.9 Å². The number of hydrogen-bond donors (Lipinski definition) is 1. The molecule has 2 aromatic carbocycles. The lowest BCUT2D eigenvalue weighted by Gasteiger charge is -2.18. The molecule has 108 valence electrons. The van der Waals surface area contributed by atoms with Crippen LogP contribution in [0.3, 0.4) is 0 Å². The third-order valence-corrected chi connectivity index (χ3v) is 4.34. The summed E-state index contributed by atoms with van der Waals surface area (Å²) in [5.74, 6) is 0.113. The van der Waals surface area contributed by atoms with E-state index >= 15 is 0 Å². The molecule has 3 rings (SSSR count). The average molecular weight is 280 g/mol. The van der Waals surface area contributed by atoms with E-state index in [9.17, 15) is 9.90 Å². The number of aryl methyl sites for hydroxylation is 1. The maximum atomic E-state index is 12.7. The van der Waals surface area contributed by atoms with E-state index in [0.29, 0.717) is 6.42 Å². The van der Waals surface area contributed by atoms with Gasteiger partial charge in [0, 0.05) is 11.5 Å². The molecule has 2 atom stereocenters. The number of aliphatic hydroxyl groups is 1. The standard InChI is InChI=1S/C19H20O2/c20-18(15-8-2-1-3-9-15)13-16-11-6-10-14-7-4-5-12-17(14)19(16)21/h1-5,7-9,12,16,18,20H,6,10-11,13H2. The fraction of sp³-hybridized carbons (Fsp3) is 0.316. The van der Waals surface area contributed by atoms with Crippen molar-refractivity contribution >= 4 is 5.78 Å². The number of hydrogen-bond acceptors (Lipinski definition) is 2. The topological polar surface area (TPSA) is 37.3 Å². The van der Waals surface area contributed by atoms with E-state index in [4.69, 9.17) is 0 Å². The first-order chi connectivity index (χ1) is 10.3. The van der Waals surface area contributed by atoms with Gasteiger partial charge in [0.1, 0.15) is 0 Å². The minimum atomic E-state index is -0.564. The van der Waals surface area contributed by atoms with Crippen molar-refractivity contribution in [3.05, 3.63) is 71.3 Å². The quantitative estimate of drug-likeness (QED) is 0.864. The number of rotatable bonds is 3. The van der Waals surface area contributed by atoms with Crippen molar-refractivity contribution in [2.24, 2.45) is 5.92 Å². The second-order valence-electron chi connectivity index (χ2n) is 5.77. The van der Waals surface area contributed by atoms with Crippen LogP contribution in [0.5, 0.6) is 0 Å². The molecule has 21 heavy (non-hydrogen) atoms. The molecule has 1 aliphatic rings. The van der Waals surface area contributed by atoms with E-state index in [2.05, 4.69) is 0 Å². The van der Waals surface area contributed by atoms with Crippen LogP contribution < -0.4 is 0 Å². The Hall–Kier alpha value is -1.93. The van der Waals surface area contributed by atoms with E-state index < -0.39 is 6.10 Å². The number of aliphatic hydroxyl groups excluding tert-OH is 1. The van der Waals surface area contributed by atoms with Crippen LogP contribution in [0.15, 0.2) is 54.6 Å². The molecule has 0 saturated heterocycles. The Labute approximate surface area is 125 Å². The molecule has 0 spiro atoms. The molecular weight excluding hydrogens is 260 g/mol. The predicted molar refractivity (Wildman–Crippen MR) is 83.2 cm³/mol. The normalized spacial score (nSPS) is 19.7. The summed E-state index contributed by atoms with van der Waals surface area (Å²) >= 11 is 0. The lowest BCUT2D eigenvalue weighted by molar-refractivity contribution is 0.0826. The molecule has 0 heterocycles. The highest BCUT2D eigenvalue weighted by atomic mass is 16.3. The largest absolute Gasteiger partial charge is 0.388 e. The van der Waals surface area contributed by atoms with Crippen molar-refractivity contribution in [3.63, 3.8) is 0 Å². The molecule has 1 N–H and O–H groups in total. The fourth-order valence-corrected chi connectivity index (χ4v) is 3.17. The molecule has 1 aliphatic carbocycles. The number of benzene rings is 2. The molecule has 0 saturated carbocycles. The zero-order chi connectivity index (χ0) is 14.7. The summed E-state index contributed by atoms with van der Waals surface area (Å²) < 4.78 is 0. The molecule has 2 unspecified atom stereocenters. The summed E-state index contributed by atoms with van der Waals surface area (Å²) in [6.07, 6.45) is 2.77. The summed E-state index contributed by atoms with van der Waals surface area (Å²) in [6, 6.07) is 17.5. The monoisotopic (exact) mass is 280 g/mol. The van der Waals surface area contributed by atoms with Gasteiger partial charge in [0.2, 0.25) is 0 Å². The first-order valence-corrected chi connectivity index (χ1v) is 7.61. The van der Waals surface area contributed by atoms with Gasteiger partial charge in [-0.25, -0.2) is 0 Å². The number of ketones is 1. The van der Waals surface area contributed by atoms with Gasteiger partial charge in [-0.05, 0) is 36.8 Å². The van der Waals surface area contributed by atoms with Crippen molar-refractivity contribution in [3.8, 4) is 0 Å². The van der Waals surface area contributed by atoms with E-state index in [1.165, 1.54) is 0 Å². The minimum Gasteiger partial charge on any atom is -0.388 e. The molecule has 0 fully saturated rings. The molecule has 0 aliphatic heterocycles. The van der Waals surface area contributed by atoms with Gasteiger partial charge >= 0.3 is 0 Å². The van der Waals surface area contributed by atoms with Crippen LogP contribution in [0.25, 0.3) is 0 Å². The van der Waals surface area contributed by atoms with Gasteiger partial charge in [0.25, 0.3) is 0 Å². The molecule has 0 radical (unpaired) electrons. The molecule has 0 amide bonds. The number of carbonyl (C=O) groups excluding carboxylic acids is 1. The van der Waals surface area contributed by atoms with Crippen molar-refractivity contribution in [1.82, 2.24) is 0 Å². The van der Waals surface area contributed by atoms with E-state index in [1.54, 1.807) is 0 Å². The highest BCUT2D eigenvalue weighted by Crippen LogP contribution is 2.31. The van der Waals surface area contributed by atoms with Crippen molar-refractivity contribution in [2.45, 2.75) is 31.8 Å². The third-order valence-electron chi connectivity index (χ3n) is 4.34. The van der Waals surface area contributed by atoms with Crippen LogP contribution in [0.2, 0.25) is 0 Å². The maximum Gasteiger partial charge on any atom is 0.166 e. The first kappa shape index (κ1) is 14.0. The lowest BCUT2D eigenvalue weighted by Crippen LogP contribution is -2.17. The van der Waals surface area contributed by atoms with Crippen LogP contribution in [0.1, 0.15) is 46.9 Å². The Morgan fingerprint density at radius 1 is 1.05 bits per heavy atom. The smallest absolute Gasteiger partial charge is 0.166 e. The molecule has 0 aromatic heterocycles. The second-order valence-corrected chi connectivity index (χ2v) is 5.77. The van der Waals surface area contributed by atoms with Gasteiger partial charge < -0.3 is 5.11 Å². The highest BCUT2D eigenvalue weighted by Gasteiger charge is 2.27. The summed E-state index contributed by atoms with van der Waals surface area (Å²) in [5.41, 5.74) is 2.89. The molecule has 0 bridgehead atoms. The number of Topliss-reactive ketones (excluding diaryl/α,β-unsaturated/α-hetero) is 1. The van der Waals surface area contributed by atoms with Gasteiger partial charge in [0.05, 0.1) is 6.10 Å². The predicted octanol–water partition coefficient (Wildman–Crippen LogP) is 3.95. The van der Waals surface area contributed by atoms with Crippen LogP contribution in [0.4, 0.5) is 0 Å². The van der Waals surface area contributed by atoms with Crippen LogP contribution >= 0.6 is 0 Å². The maximum absolute atomic E-state index is 12.7. The highest BCUT2D eigenvalue weighted by molar-refractivity contribution is 5.99. The minimum absolute atomic E-state index is 0.0798. The lowest BCUT2D eigenvalue weighted by atomic mass is 9.88. The second kappa shape index (κ2) is 6.23. The third kappa shape index (κ3) is 3.06. The van der Waals surface area contributed by atoms with Gasteiger partial charge in [-0.1, -0.05) is 54.6 Å². The van der Waals surface area contributed by atoms with Gasteiger partial charge in [-0.3, -0.25) is 4.79 Å². The van der Waals surface area contributed by atoms with Gasteiger partial charge in [-0.2, -0.15) is 0 Å². The zero-order valence-electron chi connectivity index (χ0n) is 12.0. The van der Waals surface area contributed by atoms with Crippen LogP contribution in [0, 0.1) is 5.92 Å². The summed E-state index contributed by atoms with van der Waals surface area (Å²) in [5, 5.41) is 10.4. The van der Waals surface area contributed by atoms with Crippen molar-refractivity contribution in [1.29, 1.82) is 0 Å². The first-order valence-electron chi connectivity index (χ1n) is 7.61. The van der Waals surface area contributed by atoms with Gasteiger partial charge in [-0.15, -0.1) is 0 Å². The Balaban J connectivity index is 1.79. The fourth-order valence-electron chi connectivity index (χ4n) is 3.17. The van der Waals surface area contributed by atoms with Crippen LogP contribution in [-0.2, 0) is 6.42 Å². The van der Waals surface area contributed by atoms with Gasteiger partial charge in [0.15, 0.2) is 5.78 Å². The molecule has 2 nitrogen and oxygen atoms in total.